The van der Waals surface area contributed by atoms with E-state index in [1.807, 2.05) is 14.1 Å². The first kappa shape index (κ1) is 15.9. The van der Waals surface area contributed by atoms with Crippen LogP contribution in [0.4, 0.5) is 0 Å². The molecule has 1 aliphatic rings. The fourth-order valence-corrected chi connectivity index (χ4v) is 3.91. The van der Waals surface area contributed by atoms with Crippen LogP contribution in [0, 0.1) is 13.8 Å². The molecule has 0 aliphatic carbocycles. The number of aliphatic hydroxyl groups is 1. The summed E-state index contributed by atoms with van der Waals surface area (Å²) in [6.07, 6.45) is 2.82. The molecule has 1 saturated heterocycles. The molecule has 4 nitrogen and oxygen atoms in total. The van der Waals surface area contributed by atoms with Crippen molar-refractivity contribution in [3.05, 3.63) is 15.6 Å². The predicted octanol–water partition coefficient (Wildman–Crippen LogP) is 2.04. The van der Waals surface area contributed by atoms with E-state index in [0.29, 0.717) is 0 Å². The molecule has 5 heteroatoms. The zero-order valence-electron chi connectivity index (χ0n) is 13.1. The molecular weight excluding hydrogens is 270 g/mol. The summed E-state index contributed by atoms with van der Waals surface area (Å²) in [5.74, 6) is 0. The van der Waals surface area contributed by atoms with Gasteiger partial charge < -0.3 is 10.0 Å². The summed E-state index contributed by atoms with van der Waals surface area (Å²) in [6.45, 7) is 7.92. The molecule has 2 rings (SSSR count). The molecule has 0 amide bonds. The molecule has 0 radical (unpaired) electrons. The van der Waals surface area contributed by atoms with E-state index in [2.05, 4.69) is 28.6 Å². The van der Waals surface area contributed by atoms with E-state index < -0.39 is 5.60 Å². The lowest BCUT2D eigenvalue weighted by molar-refractivity contribution is 0.00257. The van der Waals surface area contributed by atoms with Crippen molar-refractivity contribution in [3.63, 3.8) is 0 Å². The minimum Gasteiger partial charge on any atom is -0.389 e. The lowest BCUT2D eigenvalue weighted by Crippen LogP contribution is -2.40. The van der Waals surface area contributed by atoms with Gasteiger partial charge in [-0.3, -0.25) is 4.90 Å². The van der Waals surface area contributed by atoms with E-state index in [1.54, 1.807) is 11.3 Å². The first-order chi connectivity index (χ1) is 9.38. The minimum absolute atomic E-state index is 0.521. The second-order valence-electron chi connectivity index (χ2n) is 6.34. The van der Waals surface area contributed by atoms with Crippen molar-refractivity contribution in [1.29, 1.82) is 0 Å². The Bertz CT molecular complexity index is 427. The Hall–Kier alpha value is -0.490. The molecule has 1 aromatic rings. The van der Waals surface area contributed by atoms with Gasteiger partial charge in [-0.2, -0.15) is 0 Å². The highest BCUT2D eigenvalue weighted by Gasteiger charge is 2.30. The number of aromatic nitrogens is 1. The van der Waals surface area contributed by atoms with Gasteiger partial charge in [0.25, 0.3) is 0 Å². The van der Waals surface area contributed by atoms with Crippen molar-refractivity contribution >= 4 is 11.3 Å². The van der Waals surface area contributed by atoms with Crippen LogP contribution in [0.25, 0.3) is 0 Å². The third-order valence-corrected chi connectivity index (χ3v) is 5.11. The van der Waals surface area contributed by atoms with E-state index >= 15 is 0 Å². The number of likely N-dealkylation sites (N-methyl/N-ethyl adjacent to an activating group) is 1. The van der Waals surface area contributed by atoms with E-state index in [0.717, 1.165) is 51.1 Å². The SMILES string of the molecule is Cc1nc(CN2CCCC(O)(CN(C)C)CC2)sc1C. The third kappa shape index (κ3) is 4.25. The molecular formula is C15H27N3OS. The standard InChI is InChI=1S/C15H27N3OS/c1-12-13(2)20-14(16-12)10-18-8-5-6-15(19,7-9-18)11-17(3)4/h19H,5-11H2,1-4H3. The molecule has 0 bridgehead atoms. The molecule has 1 fully saturated rings. The Morgan fingerprint density at radius 2 is 2.05 bits per heavy atom. The van der Waals surface area contributed by atoms with Crippen molar-refractivity contribution in [2.75, 3.05) is 33.7 Å². The highest BCUT2D eigenvalue weighted by molar-refractivity contribution is 7.11. The molecule has 2 heterocycles. The minimum atomic E-state index is -0.521. The van der Waals surface area contributed by atoms with Crippen LogP contribution in [0.5, 0.6) is 0 Å². The first-order valence-electron chi connectivity index (χ1n) is 7.40. The van der Waals surface area contributed by atoms with Crippen LogP contribution < -0.4 is 0 Å². The van der Waals surface area contributed by atoms with Crippen LogP contribution in [-0.2, 0) is 6.54 Å². The largest absolute Gasteiger partial charge is 0.389 e. The summed E-state index contributed by atoms with van der Waals surface area (Å²) in [6, 6.07) is 0. The third-order valence-electron chi connectivity index (χ3n) is 4.05. The fourth-order valence-electron chi connectivity index (χ4n) is 2.94. The van der Waals surface area contributed by atoms with Gasteiger partial charge in [0.15, 0.2) is 0 Å². The smallest absolute Gasteiger partial charge is 0.107 e. The molecule has 1 N–H and O–H groups in total. The fraction of sp³-hybridized carbons (Fsp3) is 0.800. The van der Waals surface area contributed by atoms with Crippen molar-refractivity contribution in [3.8, 4) is 0 Å². The maximum atomic E-state index is 10.7. The monoisotopic (exact) mass is 297 g/mol. The van der Waals surface area contributed by atoms with Crippen LogP contribution in [0.3, 0.4) is 0 Å². The number of thiazole rings is 1. The van der Waals surface area contributed by atoms with Gasteiger partial charge in [0.05, 0.1) is 17.8 Å². The van der Waals surface area contributed by atoms with Crippen LogP contribution in [0.15, 0.2) is 0 Å². The van der Waals surface area contributed by atoms with E-state index in [4.69, 9.17) is 0 Å². The normalized spacial score (nSPS) is 25.1. The summed E-state index contributed by atoms with van der Waals surface area (Å²) in [5, 5.41) is 11.9. The van der Waals surface area contributed by atoms with Crippen molar-refractivity contribution in [2.45, 2.75) is 45.3 Å². The van der Waals surface area contributed by atoms with E-state index in [-0.39, 0.29) is 0 Å². The van der Waals surface area contributed by atoms with Gasteiger partial charge in [-0.05, 0) is 53.8 Å². The van der Waals surface area contributed by atoms with Gasteiger partial charge in [-0.25, -0.2) is 4.98 Å². The average molecular weight is 297 g/mol. The molecule has 20 heavy (non-hydrogen) atoms. The molecule has 0 spiro atoms. The molecule has 1 aromatic heterocycles. The lowest BCUT2D eigenvalue weighted by Gasteiger charge is -2.29. The van der Waals surface area contributed by atoms with Crippen molar-refractivity contribution in [2.24, 2.45) is 0 Å². The summed E-state index contributed by atoms with van der Waals surface area (Å²) in [7, 11) is 4.06. The molecule has 0 saturated carbocycles. The Balaban J connectivity index is 1.92. The topological polar surface area (TPSA) is 39.6 Å². The Kier molecular flexibility index (Phi) is 5.18. The Morgan fingerprint density at radius 3 is 2.65 bits per heavy atom. The van der Waals surface area contributed by atoms with Crippen molar-refractivity contribution < 1.29 is 5.11 Å². The highest BCUT2D eigenvalue weighted by Crippen LogP contribution is 2.25. The molecule has 1 aliphatic heterocycles. The second-order valence-corrected chi connectivity index (χ2v) is 7.63. The van der Waals surface area contributed by atoms with Gasteiger partial charge in [0.1, 0.15) is 5.01 Å². The summed E-state index contributed by atoms with van der Waals surface area (Å²) >= 11 is 1.80. The number of nitrogens with zero attached hydrogens (tertiary/aromatic N) is 3. The number of hydrogen-bond acceptors (Lipinski definition) is 5. The number of likely N-dealkylation sites (tertiary alicyclic amines) is 1. The maximum absolute atomic E-state index is 10.7. The van der Waals surface area contributed by atoms with Crippen LogP contribution in [0.2, 0.25) is 0 Å². The molecule has 0 aromatic carbocycles. The van der Waals surface area contributed by atoms with Crippen LogP contribution >= 0.6 is 11.3 Å². The van der Waals surface area contributed by atoms with Gasteiger partial charge in [-0.15, -0.1) is 11.3 Å². The summed E-state index contributed by atoms with van der Waals surface area (Å²) in [4.78, 5) is 10.5. The van der Waals surface area contributed by atoms with E-state index in [1.165, 1.54) is 9.88 Å². The Morgan fingerprint density at radius 1 is 1.30 bits per heavy atom. The van der Waals surface area contributed by atoms with Crippen molar-refractivity contribution in [1.82, 2.24) is 14.8 Å². The number of hydrogen-bond donors (Lipinski definition) is 1. The molecule has 114 valence electrons. The van der Waals surface area contributed by atoms with E-state index in [9.17, 15) is 5.11 Å². The quantitative estimate of drug-likeness (QED) is 0.923. The summed E-state index contributed by atoms with van der Waals surface area (Å²) < 4.78 is 0. The lowest BCUT2D eigenvalue weighted by atomic mass is 9.94. The zero-order chi connectivity index (χ0) is 14.8. The molecule has 1 unspecified atom stereocenters. The van der Waals surface area contributed by atoms with Crippen LogP contribution in [-0.4, -0.2) is 59.2 Å². The van der Waals surface area contributed by atoms with Gasteiger partial charge in [0, 0.05) is 18.0 Å². The highest BCUT2D eigenvalue weighted by atomic mass is 32.1. The summed E-state index contributed by atoms with van der Waals surface area (Å²) in [5.41, 5.74) is 0.636. The number of rotatable bonds is 4. The zero-order valence-corrected chi connectivity index (χ0v) is 14.0. The van der Waals surface area contributed by atoms with Gasteiger partial charge in [-0.1, -0.05) is 0 Å². The molecule has 1 atom stereocenters. The Labute approximate surface area is 126 Å². The predicted molar refractivity (Wildman–Crippen MR) is 84.2 cm³/mol. The number of aryl methyl sites for hydroxylation is 2. The van der Waals surface area contributed by atoms with Crippen LogP contribution in [0.1, 0.15) is 34.8 Å². The van der Waals surface area contributed by atoms with Gasteiger partial charge in [0.2, 0.25) is 0 Å². The van der Waals surface area contributed by atoms with Gasteiger partial charge >= 0.3 is 0 Å². The maximum Gasteiger partial charge on any atom is 0.107 e. The average Bonchev–Trinajstić information content (AvgIpc) is 2.54. The first-order valence-corrected chi connectivity index (χ1v) is 8.22. The second kappa shape index (κ2) is 6.52.